The largest absolute Gasteiger partial charge is 0.353 e. The van der Waals surface area contributed by atoms with E-state index in [1.54, 1.807) is 6.20 Å². The highest BCUT2D eigenvalue weighted by Crippen LogP contribution is 2.33. The van der Waals surface area contributed by atoms with Crippen LogP contribution in [0.2, 0.25) is 10.0 Å². The molecular formula is C24H27Cl2N5O. The van der Waals surface area contributed by atoms with Gasteiger partial charge in [-0.05, 0) is 49.9 Å². The highest BCUT2D eigenvalue weighted by atomic mass is 35.5. The van der Waals surface area contributed by atoms with Gasteiger partial charge in [-0.1, -0.05) is 42.1 Å². The molecule has 1 aromatic carbocycles. The minimum absolute atomic E-state index is 0.0735. The Hall–Kier alpha value is -2.31. The van der Waals surface area contributed by atoms with E-state index in [0.29, 0.717) is 22.6 Å². The molecule has 1 saturated heterocycles. The standard InChI is InChI=1S/C24H27Cl2N5O/c25-19-13-21-22(14-20(19)26)31(15-18-7-3-4-10-27-18)24(29-21)30-11-8-16(9-12-30)23(32)28-17-5-1-2-6-17/h3-4,7,10,13-14,16-17H,1-2,5-6,8-9,11-12,15H2,(H,28,32). The van der Waals surface area contributed by atoms with Crippen molar-refractivity contribution in [2.75, 3.05) is 18.0 Å². The fourth-order valence-electron chi connectivity index (χ4n) is 4.89. The Morgan fingerprint density at radius 1 is 1.06 bits per heavy atom. The van der Waals surface area contributed by atoms with E-state index < -0.39 is 0 Å². The van der Waals surface area contributed by atoms with Crippen molar-refractivity contribution in [3.05, 3.63) is 52.3 Å². The molecular weight excluding hydrogens is 445 g/mol. The van der Waals surface area contributed by atoms with Crippen LogP contribution in [0.3, 0.4) is 0 Å². The van der Waals surface area contributed by atoms with E-state index in [-0.39, 0.29) is 11.8 Å². The lowest BCUT2D eigenvalue weighted by molar-refractivity contribution is -0.126. The number of imidazole rings is 1. The Morgan fingerprint density at radius 2 is 1.81 bits per heavy atom. The molecule has 2 fully saturated rings. The first-order valence-electron chi connectivity index (χ1n) is 11.4. The van der Waals surface area contributed by atoms with Crippen LogP contribution in [0, 0.1) is 5.92 Å². The number of pyridine rings is 1. The summed E-state index contributed by atoms with van der Waals surface area (Å²) < 4.78 is 2.15. The second-order valence-corrected chi connectivity index (χ2v) is 9.64. The number of rotatable bonds is 5. The highest BCUT2D eigenvalue weighted by molar-refractivity contribution is 6.42. The molecule has 3 aromatic rings. The molecule has 1 amide bonds. The molecule has 1 aliphatic heterocycles. The van der Waals surface area contributed by atoms with E-state index in [9.17, 15) is 4.79 Å². The van der Waals surface area contributed by atoms with Gasteiger partial charge in [-0.3, -0.25) is 9.78 Å². The van der Waals surface area contributed by atoms with Gasteiger partial charge in [-0.15, -0.1) is 0 Å². The quantitative estimate of drug-likeness (QED) is 0.564. The van der Waals surface area contributed by atoms with Crippen LogP contribution in [-0.4, -0.2) is 39.6 Å². The number of amides is 1. The van der Waals surface area contributed by atoms with Crippen LogP contribution >= 0.6 is 23.2 Å². The van der Waals surface area contributed by atoms with Crippen LogP contribution in [-0.2, 0) is 11.3 Å². The molecule has 168 valence electrons. The van der Waals surface area contributed by atoms with Gasteiger partial charge in [-0.2, -0.15) is 0 Å². The van der Waals surface area contributed by atoms with Gasteiger partial charge in [0.05, 0.1) is 33.3 Å². The average molecular weight is 472 g/mol. The van der Waals surface area contributed by atoms with Crippen molar-refractivity contribution in [3.8, 4) is 0 Å². The molecule has 1 N–H and O–H groups in total. The number of piperidine rings is 1. The third kappa shape index (κ3) is 4.44. The lowest BCUT2D eigenvalue weighted by atomic mass is 9.95. The van der Waals surface area contributed by atoms with Gasteiger partial charge < -0.3 is 14.8 Å². The number of aromatic nitrogens is 3. The molecule has 32 heavy (non-hydrogen) atoms. The van der Waals surface area contributed by atoms with Crippen molar-refractivity contribution >= 4 is 46.1 Å². The predicted octanol–water partition coefficient (Wildman–Crippen LogP) is 5.06. The zero-order chi connectivity index (χ0) is 22.1. The first-order chi connectivity index (χ1) is 15.6. The van der Waals surface area contributed by atoms with Crippen LogP contribution < -0.4 is 10.2 Å². The van der Waals surface area contributed by atoms with Gasteiger partial charge in [0.15, 0.2) is 0 Å². The molecule has 2 aromatic heterocycles. The number of nitrogens with one attached hydrogen (secondary N) is 1. The number of hydrogen-bond acceptors (Lipinski definition) is 4. The van der Waals surface area contributed by atoms with Gasteiger partial charge in [-0.25, -0.2) is 4.98 Å². The average Bonchev–Trinajstić information content (AvgIpc) is 3.43. The van der Waals surface area contributed by atoms with Gasteiger partial charge in [0.25, 0.3) is 0 Å². The minimum Gasteiger partial charge on any atom is -0.353 e. The fraction of sp³-hybridized carbons (Fsp3) is 0.458. The van der Waals surface area contributed by atoms with E-state index in [1.165, 1.54) is 12.8 Å². The normalized spacial score (nSPS) is 17.9. The molecule has 0 unspecified atom stereocenters. The maximum Gasteiger partial charge on any atom is 0.223 e. The summed E-state index contributed by atoms with van der Waals surface area (Å²) >= 11 is 12.6. The third-order valence-electron chi connectivity index (χ3n) is 6.67. The Balaban J connectivity index is 1.37. The minimum atomic E-state index is 0.0735. The second-order valence-electron chi connectivity index (χ2n) is 8.83. The predicted molar refractivity (Wildman–Crippen MR) is 128 cm³/mol. The number of fused-ring (bicyclic) bond motifs is 1. The zero-order valence-corrected chi connectivity index (χ0v) is 19.4. The third-order valence-corrected chi connectivity index (χ3v) is 7.39. The lowest BCUT2D eigenvalue weighted by Crippen LogP contribution is -2.43. The van der Waals surface area contributed by atoms with Gasteiger partial charge in [0.2, 0.25) is 11.9 Å². The zero-order valence-electron chi connectivity index (χ0n) is 17.9. The first-order valence-corrected chi connectivity index (χ1v) is 12.1. The highest BCUT2D eigenvalue weighted by Gasteiger charge is 2.29. The Bertz CT molecular complexity index is 1100. The summed E-state index contributed by atoms with van der Waals surface area (Å²) in [6.07, 6.45) is 8.14. The Labute approximate surface area is 197 Å². The van der Waals surface area contributed by atoms with Crippen molar-refractivity contribution in [2.45, 2.75) is 51.1 Å². The SMILES string of the molecule is O=C(NC1CCCC1)C1CCN(c2nc3cc(Cl)c(Cl)cc3n2Cc2ccccn2)CC1. The number of hydrogen-bond donors (Lipinski definition) is 1. The molecule has 5 rings (SSSR count). The molecule has 0 radical (unpaired) electrons. The summed E-state index contributed by atoms with van der Waals surface area (Å²) in [5, 5.41) is 4.27. The maximum atomic E-state index is 12.7. The number of nitrogens with zero attached hydrogens (tertiary/aromatic N) is 4. The van der Waals surface area contributed by atoms with E-state index in [0.717, 1.165) is 61.4 Å². The molecule has 1 aliphatic carbocycles. The van der Waals surface area contributed by atoms with E-state index >= 15 is 0 Å². The van der Waals surface area contributed by atoms with Crippen molar-refractivity contribution in [2.24, 2.45) is 5.92 Å². The molecule has 0 atom stereocenters. The molecule has 0 bridgehead atoms. The summed E-state index contributed by atoms with van der Waals surface area (Å²) in [6.45, 7) is 2.16. The van der Waals surface area contributed by atoms with Crippen molar-refractivity contribution in [1.82, 2.24) is 19.9 Å². The molecule has 0 spiro atoms. The summed E-state index contributed by atoms with van der Waals surface area (Å²) in [4.78, 5) is 24.4. The molecule has 6 nitrogen and oxygen atoms in total. The van der Waals surface area contributed by atoms with Crippen molar-refractivity contribution in [3.63, 3.8) is 0 Å². The number of carbonyl (C=O) groups excluding carboxylic acids is 1. The monoisotopic (exact) mass is 471 g/mol. The molecule has 8 heteroatoms. The molecule has 3 heterocycles. The van der Waals surface area contributed by atoms with E-state index in [4.69, 9.17) is 28.2 Å². The van der Waals surface area contributed by atoms with Gasteiger partial charge in [0.1, 0.15) is 0 Å². The van der Waals surface area contributed by atoms with Crippen molar-refractivity contribution < 1.29 is 4.79 Å². The summed E-state index contributed by atoms with van der Waals surface area (Å²) in [7, 11) is 0. The lowest BCUT2D eigenvalue weighted by Gasteiger charge is -2.33. The fourth-order valence-corrected chi connectivity index (χ4v) is 5.21. The second kappa shape index (κ2) is 9.28. The topological polar surface area (TPSA) is 63.1 Å². The Kier molecular flexibility index (Phi) is 6.24. The van der Waals surface area contributed by atoms with E-state index in [2.05, 4.69) is 19.8 Å². The number of halogens is 2. The van der Waals surface area contributed by atoms with Crippen LogP contribution in [0.4, 0.5) is 5.95 Å². The maximum absolute atomic E-state index is 12.7. The number of benzene rings is 1. The van der Waals surface area contributed by atoms with Gasteiger partial charge in [0, 0.05) is 31.2 Å². The summed E-state index contributed by atoms with van der Waals surface area (Å²) in [6, 6.07) is 9.97. The molecule has 2 aliphatic rings. The summed E-state index contributed by atoms with van der Waals surface area (Å²) in [5.41, 5.74) is 2.69. The Morgan fingerprint density at radius 3 is 2.53 bits per heavy atom. The smallest absolute Gasteiger partial charge is 0.223 e. The molecule has 1 saturated carbocycles. The first kappa shape index (κ1) is 21.5. The summed E-state index contributed by atoms with van der Waals surface area (Å²) in [5.74, 6) is 1.17. The van der Waals surface area contributed by atoms with Gasteiger partial charge >= 0.3 is 0 Å². The van der Waals surface area contributed by atoms with E-state index in [1.807, 2.05) is 30.3 Å². The van der Waals surface area contributed by atoms with Crippen LogP contribution in [0.25, 0.3) is 11.0 Å². The van der Waals surface area contributed by atoms with Crippen molar-refractivity contribution in [1.29, 1.82) is 0 Å². The number of carbonyl (C=O) groups is 1. The van der Waals surface area contributed by atoms with Crippen LogP contribution in [0.15, 0.2) is 36.5 Å². The number of anilines is 1. The van der Waals surface area contributed by atoms with Crippen LogP contribution in [0.5, 0.6) is 0 Å². The van der Waals surface area contributed by atoms with Crippen LogP contribution in [0.1, 0.15) is 44.2 Å².